The van der Waals surface area contributed by atoms with Crippen LogP contribution in [0.1, 0.15) is 33.1 Å². The standard InChI is InChI=1S/C12H24N2O2/c1-3-7-13-8-5-11(6-9-13)14(4-2)10-12(15)16/h11H,3-10H2,1-2H3,(H,15,16). The van der Waals surface area contributed by atoms with Crippen LogP contribution < -0.4 is 0 Å². The van der Waals surface area contributed by atoms with Gasteiger partial charge in [-0.25, -0.2) is 0 Å². The molecule has 16 heavy (non-hydrogen) atoms. The van der Waals surface area contributed by atoms with Gasteiger partial charge in [-0.1, -0.05) is 13.8 Å². The molecule has 0 radical (unpaired) electrons. The van der Waals surface area contributed by atoms with Crippen molar-refractivity contribution >= 4 is 5.97 Å². The number of hydrogen-bond donors (Lipinski definition) is 1. The number of piperidine rings is 1. The van der Waals surface area contributed by atoms with Gasteiger partial charge in [0.25, 0.3) is 0 Å². The first-order valence-electron chi connectivity index (χ1n) is 6.35. The first-order valence-corrected chi connectivity index (χ1v) is 6.35. The van der Waals surface area contributed by atoms with Gasteiger partial charge in [0.05, 0.1) is 6.54 Å². The summed E-state index contributed by atoms with van der Waals surface area (Å²) < 4.78 is 0. The molecule has 4 nitrogen and oxygen atoms in total. The third-order valence-electron chi connectivity index (χ3n) is 3.36. The molecule has 0 aliphatic carbocycles. The minimum absolute atomic E-state index is 0.189. The van der Waals surface area contributed by atoms with Gasteiger partial charge in [-0.05, 0) is 45.4 Å². The SMILES string of the molecule is CCCN1CCC(N(CC)CC(=O)O)CC1. The van der Waals surface area contributed by atoms with E-state index in [1.54, 1.807) is 0 Å². The minimum Gasteiger partial charge on any atom is -0.480 e. The second kappa shape index (κ2) is 6.86. The Balaban J connectivity index is 2.35. The number of aliphatic carboxylic acids is 1. The van der Waals surface area contributed by atoms with Gasteiger partial charge in [-0.3, -0.25) is 9.69 Å². The highest BCUT2D eigenvalue weighted by Crippen LogP contribution is 2.16. The summed E-state index contributed by atoms with van der Waals surface area (Å²) in [6.07, 6.45) is 3.43. The zero-order valence-electron chi connectivity index (χ0n) is 10.5. The first kappa shape index (κ1) is 13.5. The number of likely N-dealkylation sites (tertiary alicyclic amines) is 1. The number of carboxylic acid groups (broad SMARTS) is 1. The van der Waals surface area contributed by atoms with Crippen molar-refractivity contribution < 1.29 is 9.90 Å². The average molecular weight is 228 g/mol. The van der Waals surface area contributed by atoms with Crippen LogP contribution >= 0.6 is 0 Å². The molecule has 1 aliphatic heterocycles. The van der Waals surface area contributed by atoms with Crippen molar-refractivity contribution in [2.24, 2.45) is 0 Å². The van der Waals surface area contributed by atoms with E-state index in [4.69, 9.17) is 5.11 Å². The van der Waals surface area contributed by atoms with Crippen molar-refractivity contribution in [3.8, 4) is 0 Å². The summed E-state index contributed by atoms with van der Waals surface area (Å²) >= 11 is 0. The maximum Gasteiger partial charge on any atom is 0.317 e. The molecule has 0 aromatic carbocycles. The molecule has 1 rings (SSSR count). The number of carbonyl (C=O) groups is 1. The third kappa shape index (κ3) is 4.10. The maximum atomic E-state index is 10.7. The molecule has 0 spiro atoms. The summed E-state index contributed by atoms with van der Waals surface area (Å²) in [5.41, 5.74) is 0. The van der Waals surface area contributed by atoms with Gasteiger partial charge in [0, 0.05) is 6.04 Å². The zero-order valence-corrected chi connectivity index (χ0v) is 10.5. The topological polar surface area (TPSA) is 43.8 Å². The number of carboxylic acids is 1. The normalized spacial score (nSPS) is 19.2. The summed E-state index contributed by atoms with van der Waals surface area (Å²) in [5.74, 6) is -0.710. The molecule has 94 valence electrons. The van der Waals surface area contributed by atoms with Crippen LogP contribution in [-0.4, -0.2) is 59.6 Å². The Kier molecular flexibility index (Phi) is 5.77. The fraction of sp³-hybridized carbons (Fsp3) is 0.917. The molecule has 1 fully saturated rings. The fourth-order valence-electron chi connectivity index (χ4n) is 2.50. The molecule has 0 aromatic heterocycles. The second-order valence-electron chi connectivity index (χ2n) is 4.53. The van der Waals surface area contributed by atoms with E-state index in [0.717, 1.165) is 32.5 Å². The maximum absolute atomic E-state index is 10.7. The first-order chi connectivity index (χ1) is 7.67. The molecule has 0 amide bonds. The van der Waals surface area contributed by atoms with Crippen LogP contribution in [0.5, 0.6) is 0 Å². The van der Waals surface area contributed by atoms with Crippen molar-refractivity contribution in [1.29, 1.82) is 0 Å². The van der Waals surface area contributed by atoms with Gasteiger partial charge in [-0.15, -0.1) is 0 Å². The zero-order chi connectivity index (χ0) is 12.0. The molecule has 0 aromatic rings. The predicted octanol–water partition coefficient (Wildman–Crippen LogP) is 1.27. The van der Waals surface area contributed by atoms with Crippen LogP contribution in [-0.2, 0) is 4.79 Å². The average Bonchev–Trinajstić information content (AvgIpc) is 2.27. The largest absolute Gasteiger partial charge is 0.480 e. The molecule has 1 heterocycles. The second-order valence-corrected chi connectivity index (χ2v) is 4.53. The Hall–Kier alpha value is -0.610. The van der Waals surface area contributed by atoms with E-state index >= 15 is 0 Å². The lowest BCUT2D eigenvalue weighted by atomic mass is 10.0. The van der Waals surface area contributed by atoms with Gasteiger partial charge in [0.15, 0.2) is 0 Å². The van der Waals surface area contributed by atoms with Crippen molar-refractivity contribution in [3.63, 3.8) is 0 Å². The quantitative estimate of drug-likeness (QED) is 0.743. The Morgan fingerprint density at radius 1 is 1.38 bits per heavy atom. The number of hydrogen-bond acceptors (Lipinski definition) is 3. The van der Waals surface area contributed by atoms with Crippen LogP contribution in [0.25, 0.3) is 0 Å². The van der Waals surface area contributed by atoms with E-state index in [9.17, 15) is 4.79 Å². The van der Waals surface area contributed by atoms with Gasteiger partial charge >= 0.3 is 5.97 Å². The third-order valence-corrected chi connectivity index (χ3v) is 3.36. The molecule has 4 heteroatoms. The molecule has 0 bridgehead atoms. The Morgan fingerprint density at radius 2 is 2.00 bits per heavy atom. The molecule has 1 saturated heterocycles. The molecule has 0 atom stereocenters. The minimum atomic E-state index is -0.710. The predicted molar refractivity (Wildman–Crippen MR) is 64.6 cm³/mol. The van der Waals surface area contributed by atoms with E-state index in [2.05, 4.69) is 16.7 Å². The summed E-state index contributed by atoms with van der Waals surface area (Å²) in [6, 6.07) is 0.467. The van der Waals surface area contributed by atoms with Crippen molar-refractivity contribution in [2.75, 3.05) is 32.7 Å². The highest BCUT2D eigenvalue weighted by Gasteiger charge is 2.24. The van der Waals surface area contributed by atoms with Crippen LogP contribution in [0.3, 0.4) is 0 Å². The lowest BCUT2D eigenvalue weighted by Gasteiger charge is -2.37. The van der Waals surface area contributed by atoms with Gasteiger partial charge in [0.1, 0.15) is 0 Å². The fourth-order valence-corrected chi connectivity index (χ4v) is 2.50. The van der Waals surface area contributed by atoms with Gasteiger partial charge in [0.2, 0.25) is 0 Å². The Morgan fingerprint density at radius 3 is 2.44 bits per heavy atom. The molecule has 1 aliphatic rings. The summed E-state index contributed by atoms with van der Waals surface area (Å²) in [7, 11) is 0. The summed E-state index contributed by atoms with van der Waals surface area (Å²) in [4.78, 5) is 15.3. The number of nitrogens with zero attached hydrogens (tertiary/aromatic N) is 2. The Labute approximate surface area is 98.2 Å². The smallest absolute Gasteiger partial charge is 0.317 e. The Bertz CT molecular complexity index is 213. The molecule has 0 saturated carbocycles. The highest BCUT2D eigenvalue weighted by atomic mass is 16.4. The van der Waals surface area contributed by atoms with Crippen LogP contribution in [0.4, 0.5) is 0 Å². The lowest BCUT2D eigenvalue weighted by molar-refractivity contribution is -0.139. The summed E-state index contributed by atoms with van der Waals surface area (Å²) in [6.45, 7) is 8.69. The van der Waals surface area contributed by atoms with E-state index in [0.29, 0.717) is 6.04 Å². The molecular formula is C12H24N2O2. The van der Waals surface area contributed by atoms with Crippen LogP contribution in [0, 0.1) is 0 Å². The van der Waals surface area contributed by atoms with Crippen molar-refractivity contribution in [2.45, 2.75) is 39.2 Å². The van der Waals surface area contributed by atoms with E-state index in [-0.39, 0.29) is 6.54 Å². The van der Waals surface area contributed by atoms with Crippen LogP contribution in [0.2, 0.25) is 0 Å². The van der Waals surface area contributed by atoms with Gasteiger partial charge in [-0.2, -0.15) is 0 Å². The molecule has 1 N–H and O–H groups in total. The number of rotatable bonds is 6. The lowest BCUT2D eigenvalue weighted by Crippen LogP contribution is -2.46. The van der Waals surface area contributed by atoms with E-state index in [1.807, 2.05) is 6.92 Å². The molecular weight excluding hydrogens is 204 g/mol. The summed E-state index contributed by atoms with van der Waals surface area (Å²) in [5, 5.41) is 8.83. The van der Waals surface area contributed by atoms with Crippen LogP contribution in [0.15, 0.2) is 0 Å². The van der Waals surface area contributed by atoms with Crippen molar-refractivity contribution in [1.82, 2.24) is 9.80 Å². The molecule has 0 unspecified atom stereocenters. The van der Waals surface area contributed by atoms with Gasteiger partial charge < -0.3 is 10.0 Å². The monoisotopic (exact) mass is 228 g/mol. The van der Waals surface area contributed by atoms with E-state index in [1.165, 1.54) is 13.0 Å². The van der Waals surface area contributed by atoms with Crippen molar-refractivity contribution in [3.05, 3.63) is 0 Å². The number of likely N-dealkylation sites (N-methyl/N-ethyl adjacent to an activating group) is 1. The van der Waals surface area contributed by atoms with E-state index < -0.39 is 5.97 Å². The highest BCUT2D eigenvalue weighted by molar-refractivity contribution is 5.69.